The van der Waals surface area contributed by atoms with Crippen LogP contribution in [0.2, 0.25) is 0 Å². The van der Waals surface area contributed by atoms with Crippen molar-refractivity contribution < 1.29 is 9.53 Å². The molecule has 1 aliphatic heterocycles. The second kappa shape index (κ2) is 7.33. The van der Waals surface area contributed by atoms with Gasteiger partial charge in [0.2, 0.25) is 5.91 Å². The molecule has 3 rings (SSSR count). The highest BCUT2D eigenvalue weighted by Gasteiger charge is 2.19. The normalized spacial score (nSPS) is 15.2. The molecule has 1 amide bonds. The molecule has 0 N–H and O–H groups in total. The third-order valence-corrected chi connectivity index (χ3v) is 4.69. The SMILES string of the molecule is COc1ccc(N2CCN(C(=O)/C=C/c3ccsc3)CC2)cc1. The van der Waals surface area contributed by atoms with Crippen LogP contribution in [0.3, 0.4) is 0 Å². The summed E-state index contributed by atoms with van der Waals surface area (Å²) >= 11 is 1.64. The summed E-state index contributed by atoms with van der Waals surface area (Å²) in [6.07, 6.45) is 3.56. The molecule has 0 bridgehead atoms. The standard InChI is InChI=1S/C18H20N2O2S/c1-22-17-5-3-16(4-6-17)19-9-11-20(12-10-19)18(21)7-2-15-8-13-23-14-15/h2-8,13-14H,9-12H2,1H3/b7-2+. The monoisotopic (exact) mass is 328 g/mol. The third-order valence-electron chi connectivity index (χ3n) is 3.99. The van der Waals surface area contributed by atoms with Crippen molar-refractivity contribution in [3.63, 3.8) is 0 Å². The molecule has 1 fully saturated rings. The molecular formula is C18H20N2O2S. The maximum absolute atomic E-state index is 12.2. The highest BCUT2D eigenvalue weighted by Crippen LogP contribution is 2.20. The smallest absolute Gasteiger partial charge is 0.246 e. The first-order chi connectivity index (χ1) is 11.3. The zero-order valence-electron chi connectivity index (χ0n) is 13.1. The number of hydrogen-bond donors (Lipinski definition) is 0. The second-order valence-electron chi connectivity index (χ2n) is 5.40. The van der Waals surface area contributed by atoms with Crippen LogP contribution in [0.1, 0.15) is 5.56 Å². The number of piperazine rings is 1. The first-order valence-electron chi connectivity index (χ1n) is 7.64. The Morgan fingerprint density at radius 2 is 1.87 bits per heavy atom. The van der Waals surface area contributed by atoms with Crippen molar-refractivity contribution in [2.24, 2.45) is 0 Å². The van der Waals surface area contributed by atoms with Crippen LogP contribution in [0.4, 0.5) is 5.69 Å². The summed E-state index contributed by atoms with van der Waals surface area (Å²) < 4.78 is 5.18. The van der Waals surface area contributed by atoms with Gasteiger partial charge >= 0.3 is 0 Å². The summed E-state index contributed by atoms with van der Waals surface area (Å²) in [4.78, 5) is 16.4. The number of thiophene rings is 1. The van der Waals surface area contributed by atoms with E-state index in [1.165, 1.54) is 5.69 Å². The molecule has 0 atom stereocenters. The summed E-state index contributed by atoms with van der Waals surface area (Å²) in [6, 6.07) is 10.1. The van der Waals surface area contributed by atoms with Crippen LogP contribution in [-0.2, 0) is 4.79 Å². The minimum absolute atomic E-state index is 0.0885. The average molecular weight is 328 g/mol. The zero-order chi connectivity index (χ0) is 16.1. The zero-order valence-corrected chi connectivity index (χ0v) is 14.0. The number of rotatable bonds is 4. The van der Waals surface area contributed by atoms with Crippen LogP contribution in [0, 0.1) is 0 Å². The van der Waals surface area contributed by atoms with Crippen LogP contribution < -0.4 is 9.64 Å². The van der Waals surface area contributed by atoms with Gasteiger partial charge in [0.25, 0.3) is 0 Å². The molecule has 1 aromatic carbocycles. The summed E-state index contributed by atoms with van der Waals surface area (Å²) in [5.41, 5.74) is 2.26. The second-order valence-corrected chi connectivity index (χ2v) is 6.18. The molecule has 2 heterocycles. The number of carbonyl (C=O) groups excluding carboxylic acids is 1. The van der Waals surface area contributed by atoms with Gasteiger partial charge in [0.15, 0.2) is 0 Å². The fourth-order valence-electron chi connectivity index (χ4n) is 2.62. The van der Waals surface area contributed by atoms with E-state index in [9.17, 15) is 4.79 Å². The highest BCUT2D eigenvalue weighted by atomic mass is 32.1. The Bertz CT molecular complexity index is 657. The Balaban J connectivity index is 1.54. The van der Waals surface area contributed by atoms with Crippen LogP contribution in [0.25, 0.3) is 6.08 Å². The molecular weight excluding hydrogens is 308 g/mol. The number of anilines is 1. The van der Waals surface area contributed by atoms with Gasteiger partial charge in [-0.05, 0) is 52.7 Å². The molecule has 2 aromatic rings. The average Bonchev–Trinajstić information content (AvgIpc) is 3.13. The van der Waals surface area contributed by atoms with Crippen molar-refractivity contribution in [3.05, 3.63) is 52.7 Å². The molecule has 23 heavy (non-hydrogen) atoms. The van der Waals surface area contributed by atoms with E-state index in [2.05, 4.69) is 17.0 Å². The lowest BCUT2D eigenvalue weighted by atomic mass is 10.2. The van der Waals surface area contributed by atoms with E-state index in [1.807, 2.05) is 39.9 Å². The van der Waals surface area contributed by atoms with E-state index >= 15 is 0 Å². The van der Waals surface area contributed by atoms with Gasteiger partial charge in [0.05, 0.1) is 7.11 Å². The van der Waals surface area contributed by atoms with E-state index < -0.39 is 0 Å². The lowest BCUT2D eigenvalue weighted by Crippen LogP contribution is -2.48. The van der Waals surface area contributed by atoms with Crippen LogP contribution in [0.15, 0.2) is 47.2 Å². The molecule has 120 valence electrons. The minimum Gasteiger partial charge on any atom is -0.497 e. The molecule has 1 aliphatic rings. The Kier molecular flexibility index (Phi) is 4.98. The quantitative estimate of drug-likeness (QED) is 0.809. The van der Waals surface area contributed by atoms with Gasteiger partial charge in [-0.15, -0.1) is 0 Å². The molecule has 0 saturated carbocycles. The Morgan fingerprint density at radius 3 is 2.48 bits per heavy atom. The molecule has 0 aliphatic carbocycles. The lowest BCUT2D eigenvalue weighted by molar-refractivity contribution is -0.126. The van der Waals surface area contributed by atoms with Gasteiger partial charge in [0.1, 0.15) is 5.75 Å². The number of methoxy groups -OCH3 is 1. The van der Waals surface area contributed by atoms with Crippen molar-refractivity contribution in [3.8, 4) is 5.75 Å². The van der Waals surface area contributed by atoms with Gasteiger partial charge in [0, 0.05) is 37.9 Å². The third kappa shape index (κ3) is 3.93. The fourth-order valence-corrected chi connectivity index (χ4v) is 3.25. The Labute approximate surface area is 140 Å². The van der Waals surface area contributed by atoms with Crippen molar-refractivity contribution in [2.45, 2.75) is 0 Å². The van der Waals surface area contributed by atoms with Crippen molar-refractivity contribution in [1.29, 1.82) is 0 Å². The fraction of sp³-hybridized carbons (Fsp3) is 0.278. The molecule has 0 unspecified atom stereocenters. The number of hydrogen-bond acceptors (Lipinski definition) is 4. The summed E-state index contributed by atoms with van der Waals surface area (Å²) in [7, 11) is 1.67. The van der Waals surface area contributed by atoms with Gasteiger partial charge in [-0.3, -0.25) is 4.79 Å². The summed E-state index contributed by atoms with van der Waals surface area (Å²) in [5, 5.41) is 4.04. The Hall–Kier alpha value is -2.27. The first-order valence-corrected chi connectivity index (χ1v) is 8.59. The van der Waals surface area contributed by atoms with E-state index in [0.717, 1.165) is 37.5 Å². The van der Waals surface area contributed by atoms with Crippen LogP contribution in [0.5, 0.6) is 5.75 Å². The number of ether oxygens (including phenoxy) is 1. The van der Waals surface area contributed by atoms with E-state index in [0.29, 0.717) is 0 Å². The summed E-state index contributed by atoms with van der Waals surface area (Å²) in [5.74, 6) is 0.951. The molecule has 5 heteroatoms. The number of carbonyl (C=O) groups is 1. The molecule has 0 radical (unpaired) electrons. The minimum atomic E-state index is 0.0885. The first kappa shape index (κ1) is 15.6. The number of amides is 1. The predicted octanol–water partition coefficient (Wildman–Crippen LogP) is 3.12. The Morgan fingerprint density at radius 1 is 1.13 bits per heavy atom. The van der Waals surface area contributed by atoms with Gasteiger partial charge in [-0.1, -0.05) is 0 Å². The van der Waals surface area contributed by atoms with Crippen molar-refractivity contribution in [1.82, 2.24) is 4.90 Å². The highest BCUT2D eigenvalue weighted by molar-refractivity contribution is 7.08. The van der Waals surface area contributed by atoms with Gasteiger partial charge < -0.3 is 14.5 Å². The van der Waals surface area contributed by atoms with E-state index in [1.54, 1.807) is 24.5 Å². The maximum atomic E-state index is 12.2. The van der Waals surface area contributed by atoms with E-state index in [-0.39, 0.29) is 5.91 Å². The number of benzene rings is 1. The van der Waals surface area contributed by atoms with Crippen LogP contribution in [-0.4, -0.2) is 44.1 Å². The molecule has 4 nitrogen and oxygen atoms in total. The van der Waals surface area contributed by atoms with Gasteiger partial charge in [-0.2, -0.15) is 11.3 Å². The largest absolute Gasteiger partial charge is 0.497 e. The molecule has 1 aromatic heterocycles. The predicted molar refractivity (Wildman–Crippen MR) is 95.1 cm³/mol. The molecule has 1 saturated heterocycles. The van der Waals surface area contributed by atoms with Crippen molar-refractivity contribution >= 4 is 29.0 Å². The number of nitrogens with zero attached hydrogens (tertiary/aromatic N) is 2. The van der Waals surface area contributed by atoms with Crippen molar-refractivity contribution in [2.75, 3.05) is 38.2 Å². The van der Waals surface area contributed by atoms with E-state index in [4.69, 9.17) is 4.74 Å². The summed E-state index contributed by atoms with van der Waals surface area (Å²) in [6.45, 7) is 3.20. The van der Waals surface area contributed by atoms with Gasteiger partial charge in [-0.25, -0.2) is 0 Å². The topological polar surface area (TPSA) is 32.8 Å². The lowest BCUT2D eigenvalue weighted by Gasteiger charge is -2.35. The van der Waals surface area contributed by atoms with Crippen LogP contribution >= 0.6 is 11.3 Å². The molecule has 0 spiro atoms. The maximum Gasteiger partial charge on any atom is 0.246 e.